The molecule has 10 heteroatoms. The zero-order valence-corrected chi connectivity index (χ0v) is 18.4. The molecule has 4 rings (SSSR count). The summed E-state index contributed by atoms with van der Waals surface area (Å²) in [7, 11) is -3.84. The van der Waals surface area contributed by atoms with E-state index >= 15 is 0 Å². The Morgan fingerprint density at radius 1 is 0.969 bits per heavy atom. The van der Waals surface area contributed by atoms with Gasteiger partial charge in [0.2, 0.25) is 10.0 Å². The van der Waals surface area contributed by atoms with E-state index < -0.39 is 21.7 Å². The Morgan fingerprint density at radius 2 is 1.62 bits per heavy atom. The maximum Gasteiger partial charge on any atom is 0.251 e. The maximum atomic E-state index is 13.9. The number of rotatable bonds is 6. The summed E-state index contributed by atoms with van der Waals surface area (Å²) in [5.41, 5.74) is 1.10. The lowest BCUT2D eigenvalue weighted by molar-refractivity contribution is 0.0730. The van der Waals surface area contributed by atoms with Crippen molar-refractivity contribution in [3.8, 4) is 0 Å². The van der Waals surface area contributed by atoms with Gasteiger partial charge in [0.25, 0.3) is 5.91 Å². The molecule has 0 aromatic heterocycles. The maximum absolute atomic E-state index is 13.9. The molecule has 2 saturated heterocycles. The molecular weight excluding hydrogens is 437 g/mol. The molecule has 0 unspecified atom stereocenters. The van der Waals surface area contributed by atoms with Crippen molar-refractivity contribution in [2.24, 2.45) is 0 Å². The minimum Gasteiger partial charge on any atom is -0.379 e. The van der Waals surface area contributed by atoms with Crippen LogP contribution >= 0.6 is 0 Å². The Labute approximate surface area is 187 Å². The van der Waals surface area contributed by atoms with Gasteiger partial charge in [0, 0.05) is 43.9 Å². The van der Waals surface area contributed by atoms with Gasteiger partial charge >= 0.3 is 0 Å². The van der Waals surface area contributed by atoms with Gasteiger partial charge in [0.1, 0.15) is 10.7 Å². The van der Waals surface area contributed by atoms with Crippen LogP contribution in [0, 0.1) is 5.82 Å². The molecule has 0 bridgehead atoms. The molecule has 0 radical (unpaired) electrons. The Kier molecular flexibility index (Phi) is 7.04. The number of amides is 1. The first-order chi connectivity index (χ1) is 15.5. The van der Waals surface area contributed by atoms with E-state index in [2.05, 4.69) is 5.32 Å². The fourth-order valence-corrected chi connectivity index (χ4v) is 5.42. The zero-order valence-electron chi connectivity index (χ0n) is 17.6. The summed E-state index contributed by atoms with van der Waals surface area (Å²) in [4.78, 5) is 14.8. The highest BCUT2D eigenvalue weighted by atomic mass is 32.2. The number of anilines is 1. The number of hydrogen-bond acceptors (Lipinski definition) is 6. The molecule has 2 fully saturated rings. The topological polar surface area (TPSA) is 88.2 Å². The van der Waals surface area contributed by atoms with Crippen LogP contribution in [0.1, 0.15) is 15.9 Å². The highest BCUT2D eigenvalue weighted by Gasteiger charge is 2.31. The van der Waals surface area contributed by atoms with E-state index in [9.17, 15) is 17.6 Å². The number of sulfonamides is 1. The van der Waals surface area contributed by atoms with Crippen LogP contribution < -0.4 is 10.2 Å². The fourth-order valence-electron chi connectivity index (χ4n) is 3.77. The number of nitrogens with zero attached hydrogens (tertiary/aromatic N) is 2. The normalized spacial score (nSPS) is 17.8. The van der Waals surface area contributed by atoms with Crippen LogP contribution in [-0.2, 0) is 26.0 Å². The summed E-state index contributed by atoms with van der Waals surface area (Å²) in [6.45, 7) is 3.30. The summed E-state index contributed by atoms with van der Waals surface area (Å²) in [5, 5.41) is 2.67. The summed E-state index contributed by atoms with van der Waals surface area (Å²) in [5.74, 6) is -0.883. The summed E-state index contributed by atoms with van der Waals surface area (Å²) < 4.78 is 52.9. The van der Waals surface area contributed by atoms with Crippen LogP contribution in [0.3, 0.4) is 0 Å². The van der Waals surface area contributed by atoms with E-state index in [1.54, 1.807) is 30.3 Å². The SMILES string of the molecule is O=C(NCc1ccccc1F)c1ccc(N2CCOCC2)c(S(=O)(=O)N2CCOCC2)c1. The van der Waals surface area contributed by atoms with Crippen molar-refractivity contribution in [3.05, 3.63) is 59.4 Å². The van der Waals surface area contributed by atoms with E-state index in [1.165, 1.54) is 16.4 Å². The number of hydrogen-bond donors (Lipinski definition) is 1. The van der Waals surface area contributed by atoms with Crippen molar-refractivity contribution >= 4 is 21.6 Å². The molecular formula is C22H26FN3O5S. The fraction of sp³-hybridized carbons (Fsp3) is 0.409. The standard InChI is InChI=1S/C22H26FN3O5S/c23-19-4-2-1-3-18(19)16-24-22(27)17-5-6-20(25-7-11-30-12-8-25)21(15-17)32(28,29)26-9-13-31-14-10-26/h1-6,15H,7-14,16H2,(H,24,27). The van der Waals surface area contributed by atoms with Gasteiger partial charge in [-0.2, -0.15) is 4.31 Å². The molecule has 32 heavy (non-hydrogen) atoms. The number of morpholine rings is 2. The molecule has 2 aromatic rings. The molecule has 2 aliphatic rings. The first-order valence-corrected chi connectivity index (χ1v) is 12.0. The zero-order chi connectivity index (χ0) is 22.6. The van der Waals surface area contributed by atoms with E-state index in [0.717, 1.165) is 0 Å². The molecule has 0 saturated carbocycles. The highest BCUT2D eigenvalue weighted by Crippen LogP contribution is 2.30. The number of carbonyl (C=O) groups is 1. The van der Waals surface area contributed by atoms with Crippen molar-refractivity contribution in [1.82, 2.24) is 9.62 Å². The van der Waals surface area contributed by atoms with Gasteiger partial charge in [0.05, 0.1) is 32.1 Å². The molecule has 1 amide bonds. The summed E-state index contributed by atoms with van der Waals surface area (Å²) in [6.07, 6.45) is 0. The monoisotopic (exact) mass is 463 g/mol. The molecule has 0 aliphatic carbocycles. The minimum atomic E-state index is -3.84. The molecule has 0 atom stereocenters. The van der Waals surface area contributed by atoms with E-state index in [-0.39, 0.29) is 30.1 Å². The third-order valence-electron chi connectivity index (χ3n) is 5.56. The molecule has 1 N–H and O–H groups in total. The van der Waals surface area contributed by atoms with Crippen LogP contribution in [0.25, 0.3) is 0 Å². The predicted molar refractivity (Wildman–Crippen MR) is 117 cm³/mol. The van der Waals surface area contributed by atoms with Gasteiger partial charge in [-0.25, -0.2) is 12.8 Å². The average Bonchev–Trinajstić information content (AvgIpc) is 2.84. The first kappa shape index (κ1) is 22.7. The largest absolute Gasteiger partial charge is 0.379 e. The summed E-state index contributed by atoms with van der Waals surface area (Å²) in [6, 6.07) is 10.8. The number of ether oxygens (including phenoxy) is 2. The van der Waals surface area contributed by atoms with Crippen LogP contribution in [0.5, 0.6) is 0 Å². The van der Waals surface area contributed by atoms with Gasteiger partial charge in [-0.15, -0.1) is 0 Å². The lowest BCUT2D eigenvalue weighted by Crippen LogP contribution is -2.42. The molecule has 2 heterocycles. The van der Waals surface area contributed by atoms with Gasteiger partial charge in [-0.3, -0.25) is 4.79 Å². The van der Waals surface area contributed by atoms with E-state index in [1.807, 2.05) is 4.90 Å². The molecule has 0 spiro atoms. The van der Waals surface area contributed by atoms with Gasteiger partial charge in [-0.1, -0.05) is 18.2 Å². The van der Waals surface area contributed by atoms with Crippen LogP contribution in [-0.4, -0.2) is 71.2 Å². The Bertz CT molecular complexity index is 1070. The van der Waals surface area contributed by atoms with E-state index in [0.29, 0.717) is 50.8 Å². The van der Waals surface area contributed by atoms with Crippen LogP contribution in [0.15, 0.2) is 47.4 Å². The average molecular weight is 464 g/mol. The Hall–Kier alpha value is -2.53. The second-order valence-corrected chi connectivity index (χ2v) is 9.48. The summed E-state index contributed by atoms with van der Waals surface area (Å²) >= 11 is 0. The lowest BCUT2D eigenvalue weighted by atomic mass is 10.1. The smallest absolute Gasteiger partial charge is 0.251 e. The van der Waals surface area contributed by atoms with Crippen LogP contribution in [0.2, 0.25) is 0 Å². The van der Waals surface area contributed by atoms with Crippen molar-refractivity contribution in [2.45, 2.75) is 11.4 Å². The molecule has 2 aromatic carbocycles. The molecule has 8 nitrogen and oxygen atoms in total. The number of halogens is 1. The number of benzene rings is 2. The van der Waals surface area contributed by atoms with Gasteiger partial charge < -0.3 is 19.7 Å². The van der Waals surface area contributed by atoms with Crippen LogP contribution in [0.4, 0.5) is 10.1 Å². The quantitative estimate of drug-likeness (QED) is 0.701. The predicted octanol–water partition coefficient (Wildman–Crippen LogP) is 1.61. The second-order valence-electron chi connectivity index (χ2n) is 7.57. The van der Waals surface area contributed by atoms with Gasteiger partial charge in [-0.05, 0) is 24.3 Å². The number of carbonyl (C=O) groups excluding carboxylic acids is 1. The Balaban J connectivity index is 1.63. The lowest BCUT2D eigenvalue weighted by Gasteiger charge is -2.32. The molecule has 172 valence electrons. The van der Waals surface area contributed by atoms with Crippen molar-refractivity contribution in [1.29, 1.82) is 0 Å². The minimum absolute atomic E-state index is 0.00225. The third-order valence-corrected chi connectivity index (χ3v) is 7.49. The van der Waals surface area contributed by atoms with Crippen molar-refractivity contribution in [3.63, 3.8) is 0 Å². The van der Waals surface area contributed by atoms with Gasteiger partial charge in [0.15, 0.2) is 0 Å². The highest BCUT2D eigenvalue weighted by molar-refractivity contribution is 7.89. The number of nitrogens with one attached hydrogen (secondary N) is 1. The Morgan fingerprint density at radius 3 is 2.31 bits per heavy atom. The van der Waals surface area contributed by atoms with Crippen molar-refractivity contribution < 1.29 is 27.1 Å². The van der Waals surface area contributed by atoms with Crippen molar-refractivity contribution in [2.75, 3.05) is 57.5 Å². The first-order valence-electron chi connectivity index (χ1n) is 10.5. The second kappa shape index (κ2) is 9.95. The molecule has 2 aliphatic heterocycles. The third kappa shape index (κ3) is 4.93. The van der Waals surface area contributed by atoms with E-state index in [4.69, 9.17) is 9.47 Å².